The van der Waals surface area contributed by atoms with Gasteiger partial charge in [0.2, 0.25) is 11.8 Å². The van der Waals surface area contributed by atoms with Crippen LogP contribution >= 0.6 is 0 Å². The molecule has 1 aliphatic carbocycles. The van der Waals surface area contributed by atoms with Crippen molar-refractivity contribution in [1.29, 1.82) is 0 Å². The maximum absolute atomic E-state index is 12.9. The second-order valence-corrected chi connectivity index (χ2v) is 4.50. The van der Waals surface area contributed by atoms with Crippen molar-refractivity contribution < 1.29 is 13.6 Å². The van der Waals surface area contributed by atoms with E-state index in [-0.39, 0.29) is 18.7 Å². The quantitative estimate of drug-likeness (QED) is 0.641. The summed E-state index contributed by atoms with van der Waals surface area (Å²) in [4.78, 5) is 11.6. The molecule has 2 rings (SSSR count). The van der Waals surface area contributed by atoms with E-state index in [1.165, 1.54) is 0 Å². The van der Waals surface area contributed by atoms with Crippen LogP contribution in [-0.2, 0) is 4.79 Å². The van der Waals surface area contributed by atoms with Crippen LogP contribution in [0.2, 0.25) is 0 Å². The van der Waals surface area contributed by atoms with E-state index in [1.807, 2.05) is 0 Å². The fourth-order valence-electron chi connectivity index (χ4n) is 2.50. The lowest BCUT2D eigenvalue weighted by molar-refractivity contribution is -0.142. The second-order valence-electron chi connectivity index (χ2n) is 4.50. The van der Waals surface area contributed by atoms with E-state index in [1.54, 1.807) is 0 Å². The minimum Gasteiger partial charge on any atom is -0.356 e. The van der Waals surface area contributed by atoms with Crippen molar-refractivity contribution >= 4 is 5.91 Å². The van der Waals surface area contributed by atoms with Crippen LogP contribution in [0.5, 0.6) is 0 Å². The van der Waals surface area contributed by atoms with E-state index in [0.717, 1.165) is 12.8 Å². The fraction of sp³-hybridized carbons (Fsp3) is 0.900. The lowest BCUT2D eigenvalue weighted by atomic mass is 9.68. The molecule has 4 heteroatoms. The van der Waals surface area contributed by atoms with Gasteiger partial charge in [-0.1, -0.05) is 0 Å². The molecule has 1 saturated heterocycles. The first-order chi connectivity index (χ1) is 6.54. The zero-order valence-electron chi connectivity index (χ0n) is 8.11. The second kappa shape index (κ2) is 3.17. The number of rotatable bonds is 0. The molecule has 0 radical (unpaired) electrons. The Labute approximate surface area is 82.1 Å². The summed E-state index contributed by atoms with van der Waals surface area (Å²) in [5.74, 6) is -2.54. The van der Waals surface area contributed by atoms with Crippen molar-refractivity contribution in [3.8, 4) is 0 Å². The molecule has 0 atom stereocenters. The van der Waals surface area contributed by atoms with Gasteiger partial charge in [0.25, 0.3) is 0 Å². The fourth-order valence-corrected chi connectivity index (χ4v) is 2.50. The smallest absolute Gasteiger partial charge is 0.248 e. The highest BCUT2D eigenvalue weighted by atomic mass is 19.3. The zero-order chi connectivity index (χ0) is 10.2. The molecule has 0 unspecified atom stereocenters. The predicted molar refractivity (Wildman–Crippen MR) is 48.1 cm³/mol. The summed E-state index contributed by atoms with van der Waals surface area (Å²) in [5, 5.41) is 2.79. The summed E-state index contributed by atoms with van der Waals surface area (Å²) in [6, 6.07) is 0. The Hall–Kier alpha value is -0.670. The van der Waals surface area contributed by atoms with Gasteiger partial charge in [0, 0.05) is 24.8 Å². The summed E-state index contributed by atoms with van der Waals surface area (Å²) in [6.07, 6.45) is 2.17. The van der Waals surface area contributed by atoms with Crippen molar-refractivity contribution in [3.05, 3.63) is 0 Å². The maximum atomic E-state index is 12.9. The molecule has 2 fully saturated rings. The van der Waals surface area contributed by atoms with E-state index in [0.29, 0.717) is 19.4 Å². The number of piperidine rings is 1. The van der Waals surface area contributed by atoms with Gasteiger partial charge in [-0.05, 0) is 25.7 Å². The molecule has 1 spiro atoms. The number of hydrogen-bond acceptors (Lipinski definition) is 1. The molecule has 1 N–H and O–H groups in total. The molecule has 2 nitrogen and oxygen atoms in total. The van der Waals surface area contributed by atoms with E-state index in [2.05, 4.69) is 5.32 Å². The normalized spacial score (nSPS) is 30.0. The average molecular weight is 203 g/mol. The standard InChI is InChI=1S/C10H15F2NO/c11-10(12)5-3-9(4-6-10)2-1-7-13-8(9)14/h1-7H2,(H,13,14). The third-order valence-corrected chi connectivity index (χ3v) is 3.54. The summed E-state index contributed by atoms with van der Waals surface area (Å²) >= 11 is 0. The predicted octanol–water partition coefficient (Wildman–Crippen LogP) is 2.09. The first-order valence-corrected chi connectivity index (χ1v) is 5.20. The molecule has 1 heterocycles. The Morgan fingerprint density at radius 1 is 1.07 bits per heavy atom. The van der Waals surface area contributed by atoms with Crippen LogP contribution in [0.25, 0.3) is 0 Å². The van der Waals surface area contributed by atoms with Gasteiger partial charge in [0.15, 0.2) is 0 Å². The van der Waals surface area contributed by atoms with Crippen molar-refractivity contribution in [2.24, 2.45) is 5.41 Å². The number of nitrogens with one attached hydrogen (secondary N) is 1. The number of alkyl halides is 2. The molecule has 1 saturated carbocycles. The SMILES string of the molecule is O=C1NCCCC12CCC(F)(F)CC2. The lowest BCUT2D eigenvalue weighted by Gasteiger charge is -2.41. The van der Waals surface area contributed by atoms with Crippen molar-refractivity contribution in [1.82, 2.24) is 5.32 Å². The molecule has 2 aliphatic rings. The molecule has 1 aliphatic heterocycles. The van der Waals surface area contributed by atoms with Crippen molar-refractivity contribution in [2.75, 3.05) is 6.54 Å². The molecule has 0 bridgehead atoms. The number of halogens is 2. The highest BCUT2D eigenvalue weighted by Crippen LogP contribution is 2.47. The van der Waals surface area contributed by atoms with Gasteiger partial charge < -0.3 is 5.32 Å². The van der Waals surface area contributed by atoms with Gasteiger partial charge >= 0.3 is 0 Å². The highest BCUT2D eigenvalue weighted by molar-refractivity contribution is 5.83. The maximum Gasteiger partial charge on any atom is 0.248 e. The summed E-state index contributed by atoms with van der Waals surface area (Å²) in [6.45, 7) is 0.705. The van der Waals surface area contributed by atoms with Gasteiger partial charge in [-0.25, -0.2) is 8.78 Å². The van der Waals surface area contributed by atoms with Crippen molar-refractivity contribution in [3.63, 3.8) is 0 Å². The van der Waals surface area contributed by atoms with Crippen LogP contribution < -0.4 is 5.32 Å². The first kappa shape index (κ1) is 9.87. The van der Waals surface area contributed by atoms with Crippen LogP contribution in [-0.4, -0.2) is 18.4 Å². The molecule has 0 aromatic carbocycles. The molecule has 1 amide bonds. The third kappa shape index (κ3) is 1.62. The van der Waals surface area contributed by atoms with Crippen molar-refractivity contribution in [2.45, 2.75) is 44.4 Å². The number of amides is 1. The van der Waals surface area contributed by atoms with Crippen LogP contribution in [0.4, 0.5) is 8.78 Å². The minimum absolute atomic E-state index is 0.000694. The van der Waals surface area contributed by atoms with E-state index in [9.17, 15) is 13.6 Å². The number of carbonyl (C=O) groups excluding carboxylic acids is 1. The van der Waals surface area contributed by atoms with Gasteiger partial charge in [-0.3, -0.25) is 4.79 Å². The highest BCUT2D eigenvalue weighted by Gasteiger charge is 2.48. The largest absolute Gasteiger partial charge is 0.356 e. The van der Waals surface area contributed by atoms with E-state index >= 15 is 0 Å². The molecular formula is C10H15F2NO. The Morgan fingerprint density at radius 2 is 1.71 bits per heavy atom. The van der Waals surface area contributed by atoms with Gasteiger partial charge in [0.1, 0.15) is 0 Å². The average Bonchev–Trinajstić information content (AvgIpc) is 2.15. The molecule has 80 valence electrons. The Balaban J connectivity index is 2.07. The molecule has 14 heavy (non-hydrogen) atoms. The first-order valence-electron chi connectivity index (χ1n) is 5.20. The molecule has 0 aromatic rings. The van der Waals surface area contributed by atoms with Gasteiger partial charge in [-0.15, -0.1) is 0 Å². The Kier molecular flexibility index (Phi) is 2.24. The van der Waals surface area contributed by atoms with Crippen LogP contribution in [0.1, 0.15) is 38.5 Å². The monoisotopic (exact) mass is 203 g/mol. The third-order valence-electron chi connectivity index (χ3n) is 3.54. The molecular weight excluding hydrogens is 188 g/mol. The number of carbonyl (C=O) groups is 1. The van der Waals surface area contributed by atoms with E-state index < -0.39 is 11.3 Å². The minimum atomic E-state index is -2.54. The van der Waals surface area contributed by atoms with Crippen LogP contribution in [0.15, 0.2) is 0 Å². The summed E-state index contributed by atoms with van der Waals surface area (Å²) < 4.78 is 25.9. The van der Waals surface area contributed by atoms with Crippen LogP contribution in [0, 0.1) is 5.41 Å². The van der Waals surface area contributed by atoms with Crippen LogP contribution in [0.3, 0.4) is 0 Å². The van der Waals surface area contributed by atoms with Gasteiger partial charge in [0.05, 0.1) is 0 Å². The molecule has 0 aromatic heterocycles. The summed E-state index contributed by atoms with van der Waals surface area (Å²) in [5.41, 5.74) is -0.458. The Bertz CT molecular complexity index is 243. The lowest BCUT2D eigenvalue weighted by Crippen LogP contribution is -2.49. The zero-order valence-corrected chi connectivity index (χ0v) is 8.11. The topological polar surface area (TPSA) is 29.1 Å². The summed E-state index contributed by atoms with van der Waals surface area (Å²) in [7, 11) is 0. The number of hydrogen-bond donors (Lipinski definition) is 1. The van der Waals surface area contributed by atoms with Gasteiger partial charge in [-0.2, -0.15) is 0 Å². The Morgan fingerprint density at radius 3 is 2.29 bits per heavy atom. The van der Waals surface area contributed by atoms with E-state index in [4.69, 9.17) is 0 Å².